The van der Waals surface area contributed by atoms with E-state index in [4.69, 9.17) is 5.11 Å². The van der Waals surface area contributed by atoms with Crippen molar-refractivity contribution in [3.8, 4) is 0 Å². The number of aliphatic carboxylic acids is 1. The first kappa shape index (κ1) is 11.6. The molecule has 0 bridgehead atoms. The van der Waals surface area contributed by atoms with Gasteiger partial charge in [-0.1, -0.05) is 12.1 Å². The van der Waals surface area contributed by atoms with E-state index in [0.717, 1.165) is 6.08 Å². The van der Waals surface area contributed by atoms with Crippen molar-refractivity contribution < 1.29 is 19.1 Å². The highest BCUT2D eigenvalue weighted by Crippen LogP contribution is 2.16. The average molecular weight is 273 g/mol. The van der Waals surface area contributed by atoms with Crippen molar-refractivity contribution in [2.24, 2.45) is 0 Å². The van der Waals surface area contributed by atoms with Crippen LogP contribution in [0.15, 0.2) is 28.7 Å². The van der Waals surface area contributed by atoms with Gasteiger partial charge >= 0.3 is 5.97 Å². The summed E-state index contributed by atoms with van der Waals surface area (Å²) in [4.78, 5) is 20.8. The number of carboxylic acids is 1. The lowest BCUT2D eigenvalue weighted by Crippen LogP contribution is -2.08. The first-order chi connectivity index (χ1) is 7.00. The predicted molar refractivity (Wildman–Crippen MR) is 55.8 cm³/mol. The molecule has 0 radical (unpaired) electrons. The van der Waals surface area contributed by atoms with Gasteiger partial charge in [0.05, 0.1) is 4.47 Å². The van der Waals surface area contributed by atoms with Crippen LogP contribution in [-0.4, -0.2) is 16.9 Å². The van der Waals surface area contributed by atoms with E-state index in [1.165, 1.54) is 18.2 Å². The van der Waals surface area contributed by atoms with Gasteiger partial charge in [-0.15, -0.1) is 0 Å². The number of hydrogen-bond donors (Lipinski definition) is 1. The van der Waals surface area contributed by atoms with Crippen molar-refractivity contribution in [1.82, 2.24) is 0 Å². The van der Waals surface area contributed by atoms with Gasteiger partial charge in [-0.3, -0.25) is 4.79 Å². The van der Waals surface area contributed by atoms with Gasteiger partial charge in [-0.25, -0.2) is 9.18 Å². The van der Waals surface area contributed by atoms with E-state index in [1.54, 1.807) is 6.07 Å². The fourth-order valence-corrected chi connectivity index (χ4v) is 1.11. The molecule has 0 unspecified atom stereocenters. The Kier molecular flexibility index (Phi) is 3.74. The van der Waals surface area contributed by atoms with Crippen molar-refractivity contribution in [1.29, 1.82) is 0 Å². The maximum atomic E-state index is 13.0. The lowest BCUT2D eigenvalue weighted by atomic mass is 10.2. The number of rotatable bonds is 3. The van der Waals surface area contributed by atoms with E-state index in [1.807, 2.05) is 0 Å². The molecule has 0 aromatic heterocycles. The Morgan fingerprint density at radius 3 is 2.60 bits per heavy atom. The van der Waals surface area contributed by atoms with E-state index in [0.29, 0.717) is 10.0 Å². The van der Waals surface area contributed by atoms with Gasteiger partial charge in [0, 0.05) is 0 Å². The van der Waals surface area contributed by atoms with Crippen LogP contribution in [-0.2, 0) is 9.59 Å². The Morgan fingerprint density at radius 2 is 2.07 bits per heavy atom. The molecule has 78 valence electrons. The van der Waals surface area contributed by atoms with Crippen LogP contribution in [0.1, 0.15) is 5.56 Å². The molecule has 3 nitrogen and oxygen atoms in total. The summed E-state index contributed by atoms with van der Waals surface area (Å²) in [5.74, 6) is -3.05. The minimum atomic E-state index is -1.54. The van der Waals surface area contributed by atoms with Crippen molar-refractivity contribution in [2.45, 2.75) is 0 Å². The molecule has 5 heteroatoms. The van der Waals surface area contributed by atoms with Crippen molar-refractivity contribution in [3.63, 3.8) is 0 Å². The van der Waals surface area contributed by atoms with Crippen LogP contribution in [0.4, 0.5) is 4.39 Å². The van der Waals surface area contributed by atoms with Gasteiger partial charge in [0.1, 0.15) is 5.82 Å². The molecule has 1 rings (SSSR count). The standard InChI is InChI=1S/C10H6BrFO3/c11-7-3-1-6(5-8(7)12)2-4-9(13)10(14)15/h1-5H,(H,14,15)/b4-2+. The van der Waals surface area contributed by atoms with Crippen molar-refractivity contribution >= 4 is 33.8 Å². The predicted octanol–water partition coefficient (Wildman–Crippen LogP) is 2.26. The molecule has 0 aliphatic carbocycles. The van der Waals surface area contributed by atoms with Crippen LogP contribution in [0.3, 0.4) is 0 Å². The lowest BCUT2D eigenvalue weighted by molar-refractivity contribution is -0.146. The Labute approximate surface area is 93.4 Å². The summed E-state index contributed by atoms with van der Waals surface area (Å²) in [5.41, 5.74) is 0.422. The topological polar surface area (TPSA) is 54.4 Å². The quantitative estimate of drug-likeness (QED) is 0.678. The molecule has 15 heavy (non-hydrogen) atoms. The molecule has 0 heterocycles. The molecule has 0 atom stereocenters. The minimum absolute atomic E-state index is 0.309. The molecule has 0 fully saturated rings. The van der Waals surface area contributed by atoms with Crippen LogP contribution in [0, 0.1) is 5.82 Å². The monoisotopic (exact) mass is 272 g/mol. The highest BCUT2D eigenvalue weighted by Gasteiger charge is 2.05. The zero-order chi connectivity index (χ0) is 11.4. The van der Waals surface area contributed by atoms with Crippen molar-refractivity contribution in [2.75, 3.05) is 0 Å². The Hall–Kier alpha value is -1.49. The van der Waals surface area contributed by atoms with Crippen LogP contribution in [0.2, 0.25) is 0 Å². The smallest absolute Gasteiger partial charge is 0.376 e. The summed E-state index contributed by atoms with van der Waals surface area (Å²) < 4.78 is 13.3. The number of hydrogen-bond acceptors (Lipinski definition) is 2. The minimum Gasteiger partial charge on any atom is -0.475 e. The largest absolute Gasteiger partial charge is 0.475 e. The van der Waals surface area contributed by atoms with E-state index in [9.17, 15) is 14.0 Å². The highest BCUT2D eigenvalue weighted by molar-refractivity contribution is 9.10. The Morgan fingerprint density at radius 1 is 1.40 bits per heavy atom. The first-order valence-corrected chi connectivity index (χ1v) is 4.70. The first-order valence-electron chi connectivity index (χ1n) is 3.91. The number of carbonyl (C=O) groups is 2. The fourth-order valence-electron chi connectivity index (χ4n) is 0.859. The summed E-state index contributed by atoms with van der Waals surface area (Å²) in [5, 5.41) is 8.28. The summed E-state index contributed by atoms with van der Waals surface area (Å²) in [6, 6.07) is 4.22. The molecule has 0 saturated heterocycles. The third-order valence-corrected chi connectivity index (χ3v) is 2.22. The molecule has 1 N–H and O–H groups in total. The van der Waals surface area contributed by atoms with Crippen LogP contribution >= 0.6 is 15.9 Å². The van der Waals surface area contributed by atoms with Gasteiger partial charge < -0.3 is 5.11 Å². The van der Waals surface area contributed by atoms with E-state index >= 15 is 0 Å². The third kappa shape index (κ3) is 3.28. The number of carboxylic acid groups (broad SMARTS) is 1. The number of halogens is 2. The summed E-state index contributed by atoms with van der Waals surface area (Å²) >= 11 is 2.97. The van der Waals surface area contributed by atoms with Crippen molar-refractivity contribution in [3.05, 3.63) is 40.1 Å². The molecule has 1 aromatic rings. The van der Waals surface area contributed by atoms with E-state index in [2.05, 4.69) is 15.9 Å². The van der Waals surface area contributed by atoms with Crippen LogP contribution in [0.5, 0.6) is 0 Å². The maximum absolute atomic E-state index is 13.0. The molecular weight excluding hydrogens is 267 g/mol. The highest BCUT2D eigenvalue weighted by atomic mass is 79.9. The molecule has 0 saturated carbocycles. The van der Waals surface area contributed by atoms with Gasteiger partial charge in [0.15, 0.2) is 0 Å². The molecular formula is C10H6BrFO3. The lowest BCUT2D eigenvalue weighted by Gasteiger charge is -1.95. The van der Waals surface area contributed by atoms with E-state index in [-0.39, 0.29) is 0 Å². The molecule has 0 aliphatic heterocycles. The zero-order valence-electron chi connectivity index (χ0n) is 7.41. The second-order valence-electron chi connectivity index (χ2n) is 2.68. The van der Waals surface area contributed by atoms with Gasteiger partial charge in [-0.05, 0) is 39.7 Å². The van der Waals surface area contributed by atoms with E-state index < -0.39 is 17.6 Å². The summed E-state index contributed by atoms with van der Waals surface area (Å²) in [7, 11) is 0. The summed E-state index contributed by atoms with van der Waals surface area (Å²) in [6.07, 6.45) is 2.12. The third-order valence-electron chi connectivity index (χ3n) is 1.58. The van der Waals surface area contributed by atoms with Gasteiger partial charge in [-0.2, -0.15) is 0 Å². The maximum Gasteiger partial charge on any atom is 0.376 e. The molecule has 1 aromatic carbocycles. The average Bonchev–Trinajstić information content (AvgIpc) is 2.19. The second kappa shape index (κ2) is 4.84. The Bertz CT molecular complexity index is 440. The molecule has 0 aliphatic rings. The SMILES string of the molecule is O=C(O)C(=O)/C=C/c1ccc(Br)c(F)c1. The summed E-state index contributed by atoms with van der Waals surface area (Å²) in [6.45, 7) is 0. The van der Waals surface area contributed by atoms with Crippen LogP contribution < -0.4 is 0 Å². The van der Waals surface area contributed by atoms with Gasteiger partial charge in [0.25, 0.3) is 5.78 Å². The number of ketones is 1. The normalized spacial score (nSPS) is 10.5. The zero-order valence-corrected chi connectivity index (χ0v) is 8.99. The Balaban J connectivity index is 2.86. The van der Waals surface area contributed by atoms with Crippen LogP contribution in [0.25, 0.3) is 6.08 Å². The van der Waals surface area contributed by atoms with Gasteiger partial charge in [0.2, 0.25) is 0 Å². The number of benzene rings is 1. The second-order valence-corrected chi connectivity index (χ2v) is 3.53. The number of carbonyl (C=O) groups excluding carboxylic acids is 1. The molecule has 0 amide bonds. The molecule has 0 spiro atoms. The fraction of sp³-hybridized carbons (Fsp3) is 0.